The summed E-state index contributed by atoms with van der Waals surface area (Å²) in [6.07, 6.45) is 0.882. The molecular weight excluding hydrogens is 292 g/mol. The van der Waals surface area contributed by atoms with E-state index in [1.54, 1.807) is 24.9 Å². The van der Waals surface area contributed by atoms with Gasteiger partial charge in [-0.3, -0.25) is 0 Å². The van der Waals surface area contributed by atoms with Gasteiger partial charge in [-0.25, -0.2) is 8.42 Å². The van der Waals surface area contributed by atoms with Gasteiger partial charge in [0.25, 0.3) is 0 Å². The number of hydrogen-bond donors (Lipinski definition) is 1. The summed E-state index contributed by atoms with van der Waals surface area (Å²) in [7, 11) is -1.93. The van der Waals surface area contributed by atoms with E-state index >= 15 is 0 Å². The number of nitrogen functional groups attached to an aromatic ring is 1. The first-order valence-corrected chi connectivity index (χ1v) is 8.51. The van der Waals surface area contributed by atoms with Gasteiger partial charge < -0.3 is 5.73 Å². The van der Waals surface area contributed by atoms with E-state index in [1.807, 2.05) is 0 Å². The summed E-state index contributed by atoms with van der Waals surface area (Å²) in [4.78, 5) is 0.123. The molecule has 1 fully saturated rings. The number of sulfonamides is 1. The number of rotatable bonds is 3. The van der Waals surface area contributed by atoms with Crippen molar-refractivity contribution < 1.29 is 8.42 Å². The molecule has 1 aliphatic rings. The highest BCUT2D eigenvalue weighted by Gasteiger charge is 2.31. The summed E-state index contributed by atoms with van der Waals surface area (Å²) in [5.41, 5.74) is 6.03. The molecular formula is C11H15ClN2O2S2. The molecule has 1 aliphatic heterocycles. The minimum absolute atomic E-state index is 0.0496. The zero-order valence-electron chi connectivity index (χ0n) is 9.97. The largest absolute Gasteiger partial charge is 0.399 e. The van der Waals surface area contributed by atoms with Crippen molar-refractivity contribution >= 4 is 39.1 Å². The van der Waals surface area contributed by atoms with Gasteiger partial charge in [-0.05, 0) is 30.4 Å². The van der Waals surface area contributed by atoms with Gasteiger partial charge in [0.15, 0.2) is 0 Å². The Balaban J connectivity index is 2.35. The zero-order valence-corrected chi connectivity index (χ0v) is 12.4. The monoisotopic (exact) mass is 306 g/mol. The van der Waals surface area contributed by atoms with Crippen LogP contribution in [0, 0.1) is 0 Å². The fourth-order valence-electron chi connectivity index (χ4n) is 1.89. The summed E-state index contributed by atoms with van der Waals surface area (Å²) >= 11 is 7.74. The number of benzene rings is 1. The lowest BCUT2D eigenvalue weighted by molar-refractivity contribution is 0.394. The van der Waals surface area contributed by atoms with Gasteiger partial charge in [-0.1, -0.05) is 11.6 Å². The Morgan fingerprint density at radius 3 is 2.78 bits per heavy atom. The number of nitrogens with zero attached hydrogens (tertiary/aromatic N) is 1. The van der Waals surface area contributed by atoms with Crippen molar-refractivity contribution in [2.75, 3.05) is 24.3 Å². The topological polar surface area (TPSA) is 63.4 Å². The van der Waals surface area contributed by atoms with Crippen molar-refractivity contribution in [2.45, 2.75) is 17.4 Å². The molecule has 0 amide bonds. The molecule has 1 unspecified atom stereocenters. The van der Waals surface area contributed by atoms with Gasteiger partial charge in [0.05, 0.1) is 5.02 Å². The maximum absolute atomic E-state index is 12.4. The molecule has 1 saturated heterocycles. The maximum atomic E-state index is 12.4. The lowest BCUT2D eigenvalue weighted by atomic mass is 10.3. The summed E-state index contributed by atoms with van der Waals surface area (Å²) in [5.74, 6) is 1.84. The number of thioether (sulfide) groups is 1. The Morgan fingerprint density at radius 1 is 1.50 bits per heavy atom. The summed E-state index contributed by atoms with van der Waals surface area (Å²) in [5, 5.41) is 0.174. The highest BCUT2D eigenvalue weighted by Crippen LogP contribution is 2.30. The Morgan fingerprint density at radius 2 is 2.22 bits per heavy atom. The van der Waals surface area contributed by atoms with Gasteiger partial charge in [-0.15, -0.1) is 0 Å². The SMILES string of the molecule is CN(C1CCSC1)S(=O)(=O)c1ccc(N)cc1Cl. The molecule has 1 atom stereocenters. The van der Waals surface area contributed by atoms with Crippen LogP contribution in [0.5, 0.6) is 0 Å². The van der Waals surface area contributed by atoms with Crippen molar-refractivity contribution in [1.82, 2.24) is 4.31 Å². The minimum atomic E-state index is -3.54. The quantitative estimate of drug-likeness (QED) is 0.868. The fraction of sp³-hybridized carbons (Fsp3) is 0.455. The Bertz CT molecular complexity index is 542. The van der Waals surface area contributed by atoms with Crippen LogP contribution in [0.4, 0.5) is 5.69 Å². The first kappa shape index (κ1) is 14.0. The number of hydrogen-bond acceptors (Lipinski definition) is 4. The maximum Gasteiger partial charge on any atom is 0.244 e. The van der Waals surface area contributed by atoms with Crippen LogP contribution < -0.4 is 5.73 Å². The molecule has 1 aromatic carbocycles. The number of halogens is 1. The summed E-state index contributed by atoms with van der Waals surface area (Å²) in [6, 6.07) is 4.53. The van der Waals surface area contributed by atoms with Crippen LogP contribution in [0.3, 0.4) is 0 Å². The van der Waals surface area contributed by atoms with E-state index < -0.39 is 10.0 Å². The van der Waals surface area contributed by atoms with E-state index in [2.05, 4.69) is 0 Å². The predicted octanol–water partition coefficient (Wildman–Crippen LogP) is 2.05. The summed E-state index contributed by atoms with van der Waals surface area (Å²) in [6.45, 7) is 0. The molecule has 100 valence electrons. The highest BCUT2D eigenvalue weighted by molar-refractivity contribution is 7.99. The van der Waals surface area contributed by atoms with Crippen molar-refractivity contribution in [3.8, 4) is 0 Å². The third-order valence-corrected chi connectivity index (χ3v) is 6.57. The molecule has 18 heavy (non-hydrogen) atoms. The van der Waals surface area contributed by atoms with Crippen molar-refractivity contribution in [3.63, 3.8) is 0 Å². The van der Waals surface area contributed by atoms with Crippen LogP contribution in [0.25, 0.3) is 0 Å². The average molecular weight is 307 g/mol. The van der Waals surface area contributed by atoms with Crippen molar-refractivity contribution in [1.29, 1.82) is 0 Å². The van der Waals surface area contributed by atoms with E-state index in [1.165, 1.54) is 16.4 Å². The van der Waals surface area contributed by atoms with Crippen LogP contribution in [0.2, 0.25) is 5.02 Å². The molecule has 0 saturated carbocycles. The van der Waals surface area contributed by atoms with Crippen LogP contribution in [-0.2, 0) is 10.0 Å². The molecule has 7 heteroatoms. The van der Waals surface area contributed by atoms with Crippen molar-refractivity contribution in [3.05, 3.63) is 23.2 Å². The number of nitrogens with two attached hydrogens (primary N) is 1. The van der Waals surface area contributed by atoms with Gasteiger partial charge >= 0.3 is 0 Å². The lowest BCUT2D eigenvalue weighted by Gasteiger charge is -2.23. The summed E-state index contributed by atoms with van der Waals surface area (Å²) < 4.78 is 26.3. The Hall–Kier alpha value is -0.430. The first-order valence-electron chi connectivity index (χ1n) is 5.53. The second kappa shape index (κ2) is 5.28. The van der Waals surface area contributed by atoms with Gasteiger partial charge in [0.1, 0.15) is 4.90 Å². The van der Waals surface area contributed by atoms with Crippen LogP contribution in [0.15, 0.2) is 23.1 Å². The Labute approximate surface area is 117 Å². The molecule has 1 aromatic rings. The molecule has 0 radical (unpaired) electrons. The standard InChI is InChI=1S/C11H15ClN2O2S2/c1-14(9-4-5-17-7-9)18(15,16)11-3-2-8(13)6-10(11)12/h2-3,6,9H,4-5,7,13H2,1H3. The normalized spacial score (nSPS) is 20.5. The smallest absolute Gasteiger partial charge is 0.244 e. The van der Waals surface area contributed by atoms with E-state index in [-0.39, 0.29) is 16.0 Å². The third-order valence-electron chi connectivity index (χ3n) is 3.03. The van der Waals surface area contributed by atoms with Crippen LogP contribution in [-0.4, -0.2) is 37.3 Å². The predicted molar refractivity (Wildman–Crippen MR) is 76.5 cm³/mol. The second-order valence-corrected chi connectivity index (χ2v) is 7.75. The van der Waals surface area contributed by atoms with Crippen molar-refractivity contribution in [2.24, 2.45) is 0 Å². The third kappa shape index (κ3) is 2.61. The zero-order chi connectivity index (χ0) is 13.3. The molecule has 0 bridgehead atoms. The van der Waals surface area contributed by atoms with Crippen LogP contribution >= 0.6 is 23.4 Å². The van der Waals surface area contributed by atoms with Crippen LogP contribution in [0.1, 0.15) is 6.42 Å². The second-order valence-electron chi connectivity index (χ2n) is 4.23. The van der Waals surface area contributed by atoms with Gasteiger partial charge in [0, 0.05) is 24.5 Å². The lowest BCUT2D eigenvalue weighted by Crippen LogP contribution is -2.37. The average Bonchev–Trinajstić information content (AvgIpc) is 2.80. The molecule has 0 spiro atoms. The van der Waals surface area contributed by atoms with E-state index in [4.69, 9.17) is 17.3 Å². The first-order chi connectivity index (χ1) is 8.43. The molecule has 2 rings (SSSR count). The molecule has 4 nitrogen and oxygen atoms in total. The van der Waals surface area contributed by atoms with E-state index in [0.717, 1.165) is 17.9 Å². The molecule has 2 N–H and O–H groups in total. The van der Waals surface area contributed by atoms with Gasteiger partial charge in [0.2, 0.25) is 10.0 Å². The van der Waals surface area contributed by atoms with Gasteiger partial charge in [-0.2, -0.15) is 16.1 Å². The number of anilines is 1. The van der Waals surface area contributed by atoms with E-state index in [9.17, 15) is 8.42 Å². The van der Waals surface area contributed by atoms with E-state index in [0.29, 0.717) is 5.69 Å². The highest BCUT2D eigenvalue weighted by atomic mass is 35.5. The molecule has 0 aromatic heterocycles. The Kier molecular flexibility index (Phi) is 4.11. The molecule has 1 heterocycles. The minimum Gasteiger partial charge on any atom is -0.399 e. The molecule has 0 aliphatic carbocycles. The fourth-order valence-corrected chi connectivity index (χ4v) is 5.16.